The van der Waals surface area contributed by atoms with Crippen molar-refractivity contribution >= 4 is 17.5 Å². The number of hydrogen-bond donors (Lipinski definition) is 2. The van der Waals surface area contributed by atoms with Gasteiger partial charge in [0.1, 0.15) is 5.82 Å². The van der Waals surface area contributed by atoms with Crippen LogP contribution >= 0.6 is 11.6 Å². The Morgan fingerprint density at radius 3 is 2.94 bits per heavy atom. The van der Waals surface area contributed by atoms with E-state index in [1.165, 1.54) is 0 Å². The van der Waals surface area contributed by atoms with Crippen LogP contribution in [0.4, 0.5) is 5.95 Å². The fraction of sp³-hybridized carbons (Fsp3) is 0.400. The summed E-state index contributed by atoms with van der Waals surface area (Å²) in [6.45, 7) is 4.24. The molecule has 0 saturated carbocycles. The standard InChI is InChI=1S/C10H13ClN6O/c1-3-18-10-16-8(11)15-9(17-10)14-6(2)7-12-4-5-13-7/h4-6H,3H2,1-2H3,(H,12,13)(H,14,15,16,17). The average molecular weight is 269 g/mol. The van der Waals surface area contributed by atoms with Crippen LogP contribution in [0.1, 0.15) is 25.7 Å². The highest BCUT2D eigenvalue weighted by Gasteiger charge is 2.11. The van der Waals surface area contributed by atoms with Gasteiger partial charge in [-0.25, -0.2) is 4.98 Å². The van der Waals surface area contributed by atoms with E-state index in [2.05, 4.69) is 30.2 Å². The molecule has 0 aromatic carbocycles. The van der Waals surface area contributed by atoms with Gasteiger partial charge in [-0.05, 0) is 25.4 Å². The summed E-state index contributed by atoms with van der Waals surface area (Å²) in [5.74, 6) is 1.13. The fourth-order valence-corrected chi connectivity index (χ4v) is 1.52. The van der Waals surface area contributed by atoms with Crippen molar-refractivity contribution in [2.24, 2.45) is 0 Å². The predicted molar refractivity (Wildman–Crippen MR) is 66.6 cm³/mol. The van der Waals surface area contributed by atoms with Crippen LogP contribution in [0, 0.1) is 0 Å². The van der Waals surface area contributed by atoms with E-state index >= 15 is 0 Å². The molecule has 2 N–H and O–H groups in total. The van der Waals surface area contributed by atoms with E-state index in [9.17, 15) is 0 Å². The van der Waals surface area contributed by atoms with Gasteiger partial charge in [-0.15, -0.1) is 0 Å². The van der Waals surface area contributed by atoms with Gasteiger partial charge in [0.2, 0.25) is 11.2 Å². The SMILES string of the molecule is CCOc1nc(Cl)nc(NC(C)c2ncc[nH]2)n1. The van der Waals surface area contributed by atoms with Gasteiger partial charge in [0.05, 0.1) is 12.6 Å². The van der Waals surface area contributed by atoms with Crippen LogP contribution in [0.2, 0.25) is 5.28 Å². The summed E-state index contributed by atoms with van der Waals surface area (Å²) < 4.78 is 5.19. The summed E-state index contributed by atoms with van der Waals surface area (Å²) in [7, 11) is 0. The molecule has 0 aliphatic rings. The third kappa shape index (κ3) is 3.07. The fourth-order valence-electron chi connectivity index (χ4n) is 1.37. The molecular weight excluding hydrogens is 256 g/mol. The van der Waals surface area contributed by atoms with Crippen molar-refractivity contribution < 1.29 is 4.74 Å². The lowest BCUT2D eigenvalue weighted by Gasteiger charge is -2.11. The number of ether oxygens (including phenoxy) is 1. The number of aromatic amines is 1. The maximum absolute atomic E-state index is 5.79. The summed E-state index contributed by atoms with van der Waals surface area (Å²) in [5.41, 5.74) is 0. The topological polar surface area (TPSA) is 88.6 Å². The van der Waals surface area contributed by atoms with Crippen LogP contribution in [-0.4, -0.2) is 31.5 Å². The smallest absolute Gasteiger partial charge is 0.322 e. The van der Waals surface area contributed by atoms with E-state index in [4.69, 9.17) is 16.3 Å². The zero-order valence-electron chi connectivity index (χ0n) is 10.0. The van der Waals surface area contributed by atoms with Crippen molar-refractivity contribution in [2.75, 3.05) is 11.9 Å². The first-order valence-corrected chi connectivity index (χ1v) is 5.87. The summed E-state index contributed by atoms with van der Waals surface area (Å²) in [5, 5.41) is 3.15. The molecule has 0 bridgehead atoms. The molecule has 2 heterocycles. The molecule has 2 aromatic heterocycles. The Kier molecular flexibility index (Phi) is 3.93. The van der Waals surface area contributed by atoms with Crippen LogP contribution in [0.3, 0.4) is 0 Å². The van der Waals surface area contributed by atoms with E-state index in [0.717, 1.165) is 5.82 Å². The first-order valence-electron chi connectivity index (χ1n) is 5.49. The highest BCUT2D eigenvalue weighted by Crippen LogP contribution is 2.16. The second-order valence-electron chi connectivity index (χ2n) is 3.48. The Balaban J connectivity index is 2.13. The van der Waals surface area contributed by atoms with Gasteiger partial charge in [-0.1, -0.05) is 0 Å². The van der Waals surface area contributed by atoms with Gasteiger partial charge >= 0.3 is 6.01 Å². The van der Waals surface area contributed by atoms with Gasteiger partial charge in [-0.2, -0.15) is 15.0 Å². The van der Waals surface area contributed by atoms with Crippen LogP contribution < -0.4 is 10.1 Å². The zero-order chi connectivity index (χ0) is 13.0. The lowest BCUT2D eigenvalue weighted by molar-refractivity contribution is 0.312. The number of H-pyrrole nitrogens is 1. The summed E-state index contributed by atoms with van der Waals surface area (Å²) in [6, 6.07) is 0.125. The molecule has 18 heavy (non-hydrogen) atoms. The number of imidazole rings is 1. The first-order chi connectivity index (χ1) is 8.69. The molecule has 8 heteroatoms. The molecule has 0 aliphatic carbocycles. The summed E-state index contributed by atoms with van der Waals surface area (Å²) >= 11 is 5.79. The Hall–Kier alpha value is -1.89. The normalized spacial score (nSPS) is 12.2. The van der Waals surface area contributed by atoms with Gasteiger partial charge < -0.3 is 15.0 Å². The van der Waals surface area contributed by atoms with Crippen molar-refractivity contribution in [3.05, 3.63) is 23.5 Å². The molecule has 2 aromatic rings. The predicted octanol–water partition coefficient (Wildman–Crippen LogP) is 1.82. The molecule has 96 valence electrons. The van der Waals surface area contributed by atoms with Gasteiger partial charge in [0, 0.05) is 12.4 Å². The minimum absolute atomic E-state index is 0.0760. The van der Waals surface area contributed by atoms with Gasteiger partial charge in [0.25, 0.3) is 0 Å². The Morgan fingerprint density at radius 1 is 1.44 bits per heavy atom. The molecule has 0 radical (unpaired) electrons. The molecule has 0 amide bonds. The molecule has 7 nitrogen and oxygen atoms in total. The van der Waals surface area contributed by atoms with E-state index in [1.807, 2.05) is 13.8 Å². The molecule has 1 atom stereocenters. The molecular formula is C10H13ClN6O. The van der Waals surface area contributed by atoms with Crippen molar-refractivity contribution in [3.8, 4) is 6.01 Å². The third-order valence-electron chi connectivity index (χ3n) is 2.14. The molecule has 0 spiro atoms. The number of anilines is 1. The number of rotatable bonds is 5. The van der Waals surface area contributed by atoms with E-state index in [0.29, 0.717) is 12.6 Å². The maximum atomic E-state index is 5.79. The maximum Gasteiger partial charge on any atom is 0.322 e. The number of nitrogens with zero attached hydrogens (tertiary/aromatic N) is 4. The highest BCUT2D eigenvalue weighted by molar-refractivity contribution is 6.28. The van der Waals surface area contributed by atoms with Crippen LogP contribution in [0.5, 0.6) is 6.01 Å². The molecule has 0 fully saturated rings. The zero-order valence-corrected chi connectivity index (χ0v) is 10.8. The monoisotopic (exact) mass is 268 g/mol. The lowest BCUT2D eigenvalue weighted by Crippen LogP contribution is -2.12. The van der Waals surface area contributed by atoms with Gasteiger partial charge in [0.15, 0.2) is 0 Å². The van der Waals surface area contributed by atoms with E-state index in [1.54, 1.807) is 12.4 Å². The first kappa shape index (κ1) is 12.6. The number of aromatic nitrogens is 5. The minimum Gasteiger partial charge on any atom is -0.464 e. The Bertz CT molecular complexity index is 503. The highest BCUT2D eigenvalue weighted by atomic mass is 35.5. The summed E-state index contributed by atoms with van der Waals surface area (Å²) in [6.07, 6.45) is 3.43. The molecule has 2 rings (SSSR count). The van der Waals surface area contributed by atoms with Crippen molar-refractivity contribution in [1.29, 1.82) is 0 Å². The second kappa shape index (κ2) is 5.63. The number of hydrogen-bond acceptors (Lipinski definition) is 6. The van der Waals surface area contributed by atoms with E-state index < -0.39 is 0 Å². The quantitative estimate of drug-likeness (QED) is 0.860. The van der Waals surface area contributed by atoms with Gasteiger partial charge in [-0.3, -0.25) is 0 Å². The number of nitrogens with one attached hydrogen (secondary N) is 2. The summed E-state index contributed by atoms with van der Waals surface area (Å²) in [4.78, 5) is 19.1. The van der Waals surface area contributed by atoms with Crippen molar-refractivity contribution in [3.63, 3.8) is 0 Å². The van der Waals surface area contributed by atoms with Crippen molar-refractivity contribution in [2.45, 2.75) is 19.9 Å². The number of halogens is 1. The van der Waals surface area contributed by atoms with Crippen molar-refractivity contribution in [1.82, 2.24) is 24.9 Å². The molecule has 0 saturated heterocycles. The van der Waals surface area contributed by atoms with Crippen LogP contribution in [0.25, 0.3) is 0 Å². The van der Waals surface area contributed by atoms with E-state index in [-0.39, 0.29) is 17.3 Å². The minimum atomic E-state index is -0.0760. The average Bonchev–Trinajstić information content (AvgIpc) is 2.81. The van der Waals surface area contributed by atoms with Crippen LogP contribution in [0.15, 0.2) is 12.4 Å². The Morgan fingerprint density at radius 2 is 2.28 bits per heavy atom. The largest absolute Gasteiger partial charge is 0.464 e. The molecule has 1 unspecified atom stereocenters. The third-order valence-corrected chi connectivity index (χ3v) is 2.31. The lowest BCUT2D eigenvalue weighted by atomic mass is 10.3. The molecule has 0 aliphatic heterocycles. The second-order valence-corrected chi connectivity index (χ2v) is 3.82. The van der Waals surface area contributed by atoms with Crippen LogP contribution in [-0.2, 0) is 0 Å². The Labute approximate surface area is 109 Å².